The maximum atomic E-state index is 12.7. The van der Waals surface area contributed by atoms with Gasteiger partial charge in [0, 0.05) is 25.1 Å². The first-order chi connectivity index (χ1) is 9.27. The monoisotopic (exact) mass is 283 g/mol. The van der Waals surface area contributed by atoms with Gasteiger partial charge in [-0.2, -0.15) is 18.3 Å². The van der Waals surface area contributed by atoms with Gasteiger partial charge in [-0.25, -0.2) is 0 Å². The third kappa shape index (κ3) is 3.19. The summed E-state index contributed by atoms with van der Waals surface area (Å²) < 4.78 is 39.7. The number of benzene rings is 1. The minimum absolute atomic E-state index is 0.0424. The van der Waals surface area contributed by atoms with Crippen LogP contribution in [-0.4, -0.2) is 15.8 Å². The van der Waals surface area contributed by atoms with Gasteiger partial charge in [0.1, 0.15) is 0 Å². The Bertz CT molecular complexity index is 600. The van der Waals surface area contributed by atoms with Crippen LogP contribution in [0.25, 0.3) is 11.3 Å². The summed E-state index contributed by atoms with van der Waals surface area (Å²) in [4.78, 5) is 0. The summed E-state index contributed by atoms with van der Waals surface area (Å²) in [7, 11) is 1.71. The van der Waals surface area contributed by atoms with E-state index in [4.69, 9.17) is 5.73 Å². The first kappa shape index (κ1) is 14.6. The third-order valence-corrected chi connectivity index (χ3v) is 2.95. The summed E-state index contributed by atoms with van der Waals surface area (Å²) in [6, 6.07) is 6.96. The molecule has 20 heavy (non-hydrogen) atoms. The second-order valence-corrected chi connectivity index (χ2v) is 4.90. The van der Waals surface area contributed by atoms with E-state index < -0.39 is 11.7 Å². The lowest BCUT2D eigenvalue weighted by Gasteiger charge is -2.08. The normalized spacial score (nSPS) is 13.5. The molecule has 2 aromatic rings. The number of halogens is 3. The molecule has 0 aliphatic heterocycles. The number of alkyl halides is 3. The summed E-state index contributed by atoms with van der Waals surface area (Å²) in [6.45, 7) is 1.86. The Hall–Kier alpha value is -1.82. The summed E-state index contributed by atoms with van der Waals surface area (Å²) in [5, 5.41) is 4.27. The fourth-order valence-corrected chi connectivity index (χ4v) is 2.08. The van der Waals surface area contributed by atoms with E-state index in [2.05, 4.69) is 5.10 Å². The standard InChI is InChI=1S/C14H16F3N3/c1-9(18)6-12-8-13(20(2)19-12)10-4-3-5-11(7-10)14(15,16)17/h3-5,7-9H,6,18H2,1-2H3. The van der Waals surface area contributed by atoms with Gasteiger partial charge >= 0.3 is 6.18 Å². The Morgan fingerprint density at radius 2 is 2.00 bits per heavy atom. The molecular weight excluding hydrogens is 267 g/mol. The van der Waals surface area contributed by atoms with Gasteiger partial charge in [-0.1, -0.05) is 12.1 Å². The lowest BCUT2D eigenvalue weighted by molar-refractivity contribution is -0.137. The second-order valence-electron chi connectivity index (χ2n) is 4.90. The molecule has 108 valence electrons. The Morgan fingerprint density at radius 3 is 2.60 bits per heavy atom. The van der Waals surface area contributed by atoms with E-state index in [-0.39, 0.29) is 6.04 Å². The van der Waals surface area contributed by atoms with Crippen molar-refractivity contribution in [3.8, 4) is 11.3 Å². The van der Waals surface area contributed by atoms with Crippen molar-refractivity contribution in [1.29, 1.82) is 0 Å². The van der Waals surface area contributed by atoms with Crippen LogP contribution >= 0.6 is 0 Å². The molecule has 0 aliphatic carbocycles. The van der Waals surface area contributed by atoms with Gasteiger partial charge in [0.15, 0.2) is 0 Å². The SMILES string of the molecule is CC(N)Cc1cc(-c2cccc(C(F)(F)F)c2)n(C)n1. The van der Waals surface area contributed by atoms with Crippen molar-refractivity contribution in [2.24, 2.45) is 12.8 Å². The first-order valence-electron chi connectivity index (χ1n) is 6.23. The average Bonchev–Trinajstić information content (AvgIpc) is 2.68. The number of hydrogen-bond acceptors (Lipinski definition) is 2. The average molecular weight is 283 g/mol. The minimum atomic E-state index is -4.34. The molecule has 3 nitrogen and oxygen atoms in total. The van der Waals surface area contributed by atoms with E-state index in [0.29, 0.717) is 17.7 Å². The highest BCUT2D eigenvalue weighted by atomic mass is 19.4. The van der Waals surface area contributed by atoms with Crippen LogP contribution in [0.15, 0.2) is 30.3 Å². The molecule has 0 saturated carbocycles. The molecule has 1 atom stereocenters. The third-order valence-electron chi connectivity index (χ3n) is 2.95. The Morgan fingerprint density at radius 1 is 1.30 bits per heavy atom. The fourth-order valence-electron chi connectivity index (χ4n) is 2.08. The number of rotatable bonds is 3. The molecule has 1 aromatic carbocycles. The maximum absolute atomic E-state index is 12.7. The van der Waals surface area contributed by atoms with E-state index in [1.807, 2.05) is 6.92 Å². The van der Waals surface area contributed by atoms with Crippen LogP contribution in [0.2, 0.25) is 0 Å². The maximum Gasteiger partial charge on any atom is 0.416 e. The first-order valence-corrected chi connectivity index (χ1v) is 6.23. The molecule has 0 fully saturated rings. The minimum Gasteiger partial charge on any atom is -0.328 e. The molecule has 1 heterocycles. The number of hydrogen-bond donors (Lipinski definition) is 1. The predicted octanol–water partition coefficient (Wildman–Crippen LogP) is 3.00. The molecular formula is C14H16F3N3. The van der Waals surface area contributed by atoms with Crippen LogP contribution in [0, 0.1) is 0 Å². The summed E-state index contributed by atoms with van der Waals surface area (Å²) >= 11 is 0. The zero-order chi connectivity index (χ0) is 14.9. The van der Waals surface area contributed by atoms with Gasteiger partial charge in [-0.3, -0.25) is 4.68 Å². The van der Waals surface area contributed by atoms with Gasteiger partial charge in [0.25, 0.3) is 0 Å². The fraction of sp³-hybridized carbons (Fsp3) is 0.357. The molecule has 2 N–H and O–H groups in total. The lowest BCUT2D eigenvalue weighted by atomic mass is 10.1. The Kier molecular flexibility index (Phi) is 3.85. The van der Waals surface area contributed by atoms with E-state index >= 15 is 0 Å². The van der Waals surface area contributed by atoms with Crippen LogP contribution in [0.1, 0.15) is 18.2 Å². The van der Waals surface area contributed by atoms with E-state index in [1.165, 1.54) is 6.07 Å². The van der Waals surface area contributed by atoms with Gasteiger partial charge in [0.2, 0.25) is 0 Å². The van der Waals surface area contributed by atoms with Gasteiger partial charge in [-0.15, -0.1) is 0 Å². The quantitative estimate of drug-likeness (QED) is 0.941. The largest absolute Gasteiger partial charge is 0.416 e. The molecule has 0 amide bonds. The number of nitrogens with zero attached hydrogens (tertiary/aromatic N) is 2. The van der Waals surface area contributed by atoms with E-state index in [9.17, 15) is 13.2 Å². The molecule has 0 bridgehead atoms. The summed E-state index contributed by atoms with van der Waals surface area (Å²) in [5.41, 5.74) is 6.95. The zero-order valence-corrected chi connectivity index (χ0v) is 11.3. The van der Waals surface area contributed by atoms with Crippen LogP contribution in [0.5, 0.6) is 0 Å². The molecule has 1 aromatic heterocycles. The van der Waals surface area contributed by atoms with E-state index in [1.54, 1.807) is 23.9 Å². The molecule has 0 radical (unpaired) electrons. The predicted molar refractivity (Wildman–Crippen MR) is 71.0 cm³/mol. The van der Waals surface area contributed by atoms with Crippen molar-refractivity contribution in [3.63, 3.8) is 0 Å². The van der Waals surface area contributed by atoms with Crippen LogP contribution in [0.4, 0.5) is 13.2 Å². The highest BCUT2D eigenvalue weighted by Crippen LogP contribution is 2.32. The van der Waals surface area contributed by atoms with Crippen molar-refractivity contribution >= 4 is 0 Å². The van der Waals surface area contributed by atoms with Crippen molar-refractivity contribution in [3.05, 3.63) is 41.6 Å². The van der Waals surface area contributed by atoms with Gasteiger partial charge in [-0.05, 0) is 25.1 Å². The van der Waals surface area contributed by atoms with Crippen LogP contribution in [0.3, 0.4) is 0 Å². The Labute approximate surface area is 115 Å². The highest BCUT2D eigenvalue weighted by Gasteiger charge is 2.30. The number of aryl methyl sites for hydroxylation is 1. The topological polar surface area (TPSA) is 43.8 Å². The van der Waals surface area contributed by atoms with Crippen molar-refractivity contribution in [2.75, 3.05) is 0 Å². The molecule has 1 unspecified atom stereocenters. The van der Waals surface area contributed by atoms with E-state index in [0.717, 1.165) is 17.8 Å². The van der Waals surface area contributed by atoms with Crippen LogP contribution in [-0.2, 0) is 19.6 Å². The number of aromatic nitrogens is 2. The van der Waals surface area contributed by atoms with Crippen LogP contribution < -0.4 is 5.73 Å². The second kappa shape index (κ2) is 5.28. The zero-order valence-electron chi connectivity index (χ0n) is 11.3. The van der Waals surface area contributed by atoms with Gasteiger partial charge in [0.05, 0.1) is 17.0 Å². The molecule has 0 spiro atoms. The van der Waals surface area contributed by atoms with Gasteiger partial charge < -0.3 is 5.73 Å². The lowest BCUT2D eigenvalue weighted by Crippen LogP contribution is -2.18. The number of nitrogens with two attached hydrogens (primary N) is 1. The summed E-state index contributed by atoms with van der Waals surface area (Å²) in [6.07, 6.45) is -3.75. The highest BCUT2D eigenvalue weighted by molar-refractivity contribution is 5.61. The molecule has 2 rings (SSSR count). The molecule has 6 heteroatoms. The molecule has 0 saturated heterocycles. The smallest absolute Gasteiger partial charge is 0.328 e. The van der Waals surface area contributed by atoms with Crippen molar-refractivity contribution < 1.29 is 13.2 Å². The van der Waals surface area contributed by atoms with Crippen molar-refractivity contribution in [2.45, 2.75) is 25.6 Å². The summed E-state index contributed by atoms with van der Waals surface area (Å²) in [5.74, 6) is 0. The Balaban J connectivity index is 2.39. The molecule has 0 aliphatic rings. The van der Waals surface area contributed by atoms with Crippen molar-refractivity contribution in [1.82, 2.24) is 9.78 Å².